The molecule has 0 heterocycles. The van der Waals surface area contributed by atoms with Gasteiger partial charge in [0.05, 0.1) is 6.61 Å². The third-order valence-electron chi connectivity index (χ3n) is 2.06. The van der Waals surface area contributed by atoms with Crippen LogP contribution in [0.5, 0.6) is 0 Å². The van der Waals surface area contributed by atoms with Gasteiger partial charge >= 0.3 is 0 Å². The summed E-state index contributed by atoms with van der Waals surface area (Å²) < 4.78 is 0. The molecule has 1 heteroatoms. The molecular formula is C11H20O. The first-order valence-corrected chi connectivity index (χ1v) is 4.71. The predicted octanol–water partition coefficient (Wildman–Crippen LogP) is 3.06. The number of hydrogen-bond acceptors (Lipinski definition) is 1. The van der Waals surface area contributed by atoms with Crippen molar-refractivity contribution < 1.29 is 5.11 Å². The summed E-state index contributed by atoms with van der Waals surface area (Å²) >= 11 is 0. The minimum atomic E-state index is 0.190. The molecule has 0 aliphatic heterocycles. The number of aliphatic hydroxyl groups excluding tert-OH is 1. The van der Waals surface area contributed by atoms with E-state index in [4.69, 9.17) is 5.11 Å². The molecule has 0 spiro atoms. The molecule has 0 aromatic rings. The van der Waals surface area contributed by atoms with E-state index >= 15 is 0 Å². The van der Waals surface area contributed by atoms with Gasteiger partial charge in [-0.2, -0.15) is 0 Å². The largest absolute Gasteiger partial charge is 0.392 e. The molecule has 0 aromatic heterocycles. The van der Waals surface area contributed by atoms with Crippen LogP contribution in [0.15, 0.2) is 23.8 Å². The molecule has 0 saturated carbocycles. The van der Waals surface area contributed by atoms with Crippen LogP contribution in [-0.2, 0) is 0 Å². The third-order valence-corrected chi connectivity index (χ3v) is 2.06. The first-order valence-electron chi connectivity index (χ1n) is 4.71. The Morgan fingerprint density at radius 1 is 1.33 bits per heavy atom. The molecule has 0 aliphatic rings. The topological polar surface area (TPSA) is 20.2 Å². The Morgan fingerprint density at radius 2 is 2.00 bits per heavy atom. The normalized spacial score (nSPS) is 12.6. The highest BCUT2D eigenvalue weighted by Gasteiger charge is 2.01. The highest BCUT2D eigenvalue weighted by Crippen LogP contribution is 2.17. The maximum absolute atomic E-state index is 9.08. The van der Waals surface area contributed by atoms with Crippen LogP contribution in [-0.4, -0.2) is 11.7 Å². The first kappa shape index (κ1) is 11.4. The van der Waals surface area contributed by atoms with Crippen molar-refractivity contribution in [2.75, 3.05) is 6.61 Å². The van der Waals surface area contributed by atoms with Crippen LogP contribution in [0.4, 0.5) is 0 Å². The fraction of sp³-hybridized carbons (Fsp3) is 0.636. The van der Waals surface area contributed by atoms with Crippen molar-refractivity contribution in [2.24, 2.45) is 0 Å². The van der Waals surface area contributed by atoms with Crippen LogP contribution in [0.25, 0.3) is 0 Å². The standard InChI is InChI=1S/C11H20O/c1-4-7-10(6-3)11(9-12)8-5-2/h5,12H,2,4,6-9H2,1,3H3/b11-10-. The van der Waals surface area contributed by atoms with Crippen LogP contribution in [0.2, 0.25) is 0 Å². The van der Waals surface area contributed by atoms with Crippen molar-refractivity contribution in [3.8, 4) is 0 Å². The van der Waals surface area contributed by atoms with E-state index in [0.29, 0.717) is 0 Å². The Kier molecular flexibility index (Phi) is 6.78. The molecule has 0 rings (SSSR count). The van der Waals surface area contributed by atoms with Gasteiger partial charge in [-0.1, -0.05) is 31.9 Å². The molecule has 0 fully saturated rings. The van der Waals surface area contributed by atoms with Crippen LogP contribution in [0, 0.1) is 0 Å². The van der Waals surface area contributed by atoms with E-state index in [1.807, 2.05) is 6.08 Å². The number of rotatable bonds is 6. The summed E-state index contributed by atoms with van der Waals surface area (Å²) in [6.07, 6.45) is 6.01. The number of hydrogen-bond donors (Lipinski definition) is 1. The Labute approximate surface area is 75.8 Å². The van der Waals surface area contributed by atoms with Crippen LogP contribution in [0.1, 0.15) is 39.5 Å². The van der Waals surface area contributed by atoms with Gasteiger partial charge in [-0.15, -0.1) is 6.58 Å². The van der Waals surface area contributed by atoms with Gasteiger partial charge in [0.1, 0.15) is 0 Å². The highest BCUT2D eigenvalue weighted by atomic mass is 16.3. The van der Waals surface area contributed by atoms with E-state index in [0.717, 1.165) is 31.3 Å². The van der Waals surface area contributed by atoms with Crippen molar-refractivity contribution in [1.29, 1.82) is 0 Å². The molecule has 0 aromatic carbocycles. The first-order chi connectivity index (χ1) is 5.79. The number of aliphatic hydroxyl groups is 1. The lowest BCUT2D eigenvalue weighted by molar-refractivity contribution is 0.326. The zero-order valence-corrected chi connectivity index (χ0v) is 8.27. The van der Waals surface area contributed by atoms with Crippen molar-refractivity contribution in [3.63, 3.8) is 0 Å². The van der Waals surface area contributed by atoms with Crippen molar-refractivity contribution in [1.82, 2.24) is 0 Å². The molecular weight excluding hydrogens is 148 g/mol. The minimum absolute atomic E-state index is 0.190. The van der Waals surface area contributed by atoms with Gasteiger partial charge in [-0.25, -0.2) is 0 Å². The second-order valence-electron chi connectivity index (χ2n) is 2.96. The average molecular weight is 168 g/mol. The zero-order valence-electron chi connectivity index (χ0n) is 8.27. The second kappa shape index (κ2) is 7.11. The summed E-state index contributed by atoms with van der Waals surface area (Å²) in [5.74, 6) is 0. The lowest BCUT2D eigenvalue weighted by atomic mass is 9.99. The maximum Gasteiger partial charge on any atom is 0.0647 e. The summed E-state index contributed by atoms with van der Waals surface area (Å²) in [5, 5.41) is 9.08. The van der Waals surface area contributed by atoms with Gasteiger partial charge in [0, 0.05) is 0 Å². The molecule has 70 valence electrons. The van der Waals surface area contributed by atoms with E-state index in [2.05, 4.69) is 20.4 Å². The van der Waals surface area contributed by atoms with Crippen molar-refractivity contribution >= 4 is 0 Å². The van der Waals surface area contributed by atoms with E-state index in [1.165, 1.54) is 5.57 Å². The predicted molar refractivity (Wildman–Crippen MR) is 54.1 cm³/mol. The Balaban J connectivity index is 4.36. The Bertz CT molecular complexity index is 156. The second-order valence-corrected chi connectivity index (χ2v) is 2.96. The Morgan fingerprint density at radius 3 is 2.33 bits per heavy atom. The monoisotopic (exact) mass is 168 g/mol. The zero-order chi connectivity index (χ0) is 9.40. The number of allylic oxidation sites excluding steroid dienone is 2. The summed E-state index contributed by atoms with van der Waals surface area (Å²) in [7, 11) is 0. The molecule has 1 nitrogen and oxygen atoms in total. The van der Waals surface area contributed by atoms with Crippen LogP contribution >= 0.6 is 0 Å². The van der Waals surface area contributed by atoms with Gasteiger partial charge in [-0.3, -0.25) is 0 Å². The summed E-state index contributed by atoms with van der Waals surface area (Å²) in [6.45, 7) is 8.18. The fourth-order valence-corrected chi connectivity index (χ4v) is 1.40. The van der Waals surface area contributed by atoms with Gasteiger partial charge in [0.25, 0.3) is 0 Å². The average Bonchev–Trinajstić information content (AvgIpc) is 2.11. The van der Waals surface area contributed by atoms with Crippen LogP contribution < -0.4 is 0 Å². The molecule has 12 heavy (non-hydrogen) atoms. The smallest absolute Gasteiger partial charge is 0.0647 e. The van der Waals surface area contributed by atoms with Gasteiger partial charge in [0.2, 0.25) is 0 Å². The maximum atomic E-state index is 9.08. The third kappa shape index (κ3) is 3.72. The summed E-state index contributed by atoms with van der Waals surface area (Å²) in [5.41, 5.74) is 2.56. The molecule has 0 atom stereocenters. The SMILES string of the molecule is C=CC/C(CO)=C(\CC)CCC. The van der Waals surface area contributed by atoms with E-state index < -0.39 is 0 Å². The quantitative estimate of drug-likeness (QED) is 0.604. The van der Waals surface area contributed by atoms with Gasteiger partial charge in [0.15, 0.2) is 0 Å². The van der Waals surface area contributed by atoms with Crippen molar-refractivity contribution in [3.05, 3.63) is 23.8 Å². The molecule has 1 N–H and O–H groups in total. The molecule has 0 unspecified atom stereocenters. The van der Waals surface area contributed by atoms with Crippen LogP contribution in [0.3, 0.4) is 0 Å². The van der Waals surface area contributed by atoms with Gasteiger partial charge < -0.3 is 5.11 Å². The fourth-order valence-electron chi connectivity index (χ4n) is 1.40. The van der Waals surface area contributed by atoms with Crippen molar-refractivity contribution in [2.45, 2.75) is 39.5 Å². The molecule has 0 aliphatic carbocycles. The van der Waals surface area contributed by atoms with E-state index in [-0.39, 0.29) is 6.61 Å². The minimum Gasteiger partial charge on any atom is -0.392 e. The lowest BCUT2D eigenvalue weighted by Gasteiger charge is -2.09. The molecule has 0 bridgehead atoms. The highest BCUT2D eigenvalue weighted by molar-refractivity contribution is 5.16. The summed E-state index contributed by atoms with van der Waals surface area (Å²) in [6, 6.07) is 0. The Hall–Kier alpha value is -0.560. The lowest BCUT2D eigenvalue weighted by Crippen LogP contribution is -1.96. The molecule has 0 radical (unpaired) electrons. The molecule has 0 saturated heterocycles. The van der Waals surface area contributed by atoms with Gasteiger partial charge in [-0.05, 0) is 24.8 Å². The van der Waals surface area contributed by atoms with E-state index in [1.54, 1.807) is 0 Å². The van der Waals surface area contributed by atoms with E-state index in [9.17, 15) is 0 Å². The summed E-state index contributed by atoms with van der Waals surface area (Å²) in [4.78, 5) is 0. The molecule has 0 amide bonds.